The summed E-state index contributed by atoms with van der Waals surface area (Å²) >= 11 is 6.19. The summed E-state index contributed by atoms with van der Waals surface area (Å²) in [5, 5.41) is 11.2. The van der Waals surface area contributed by atoms with Crippen molar-refractivity contribution < 1.29 is 4.79 Å². The normalized spacial score (nSPS) is 16.2. The van der Waals surface area contributed by atoms with Gasteiger partial charge in [0.25, 0.3) is 0 Å². The summed E-state index contributed by atoms with van der Waals surface area (Å²) in [7, 11) is 0. The van der Waals surface area contributed by atoms with Crippen LogP contribution in [-0.4, -0.2) is 22.2 Å². The molecule has 5 nitrogen and oxygen atoms in total. The first-order valence-electron chi connectivity index (χ1n) is 8.46. The second-order valence-electron chi connectivity index (χ2n) is 6.27. The van der Waals surface area contributed by atoms with E-state index in [1.165, 1.54) is 12.8 Å². The van der Waals surface area contributed by atoms with Crippen molar-refractivity contribution in [2.45, 2.75) is 44.7 Å². The van der Waals surface area contributed by atoms with E-state index in [4.69, 9.17) is 11.6 Å². The molecule has 1 aromatic carbocycles. The van der Waals surface area contributed by atoms with Crippen LogP contribution in [0.5, 0.6) is 0 Å². The molecule has 2 aromatic rings. The molecular weight excluding hydrogens is 324 g/mol. The number of carbonyl (C=O) groups is 1. The third kappa shape index (κ3) is 3.97. The van der Waals surface area contributed by atoms with Gasteiger partial charge >= 0.3 is 0 Å². The average molecular weight is 347 g/mol. The summed E-state index contributed by atoms with van der Waals surface area (Å²) in [6.07, 6.45) is 6.47. The predicted molar refractivity (Wildman–Crippen MR) is 96.2 cm³/mol. The molecule has 1 saturated carbocycles. The molecule has 0 unspecified atom stereocenters. The molecule has 2 N–H and O–H groups in total. The van der Waals surface area contributed by atoms with E-state index in [1.54, 1.807) is 6.20 Å². The first-order valence-corrected chi connectivity index (χ1v) is 8.84. The maximum atomic E-state index is 12.3. The molecule has 1 aromatic heterocycles. The van der Waals surface area contributed by atoms with Crippen LogP contribution in [-0.2, 0) is 4.79 Å². The Morgan fingerprint density at radius 1 is 1.33 bits per heavy atom. The lowest BCUT2D eigenvalue weighted by Gasteiger charge is -2.17. The Bertz CT molecular complexity index is 694. The van der Waals surface area contributed by atoms with Gasteiger partial charge in [-0.05, 0) is 31.4 Å². The zero-order valence-electron chi connectivity index (χ0n) is 13.8. The number of hydrogen-bond acceptors (Lipinski definition) is 3. The first kappa shape index (κ1) is 17.0. The Balaban J connectivity index is 1.55. The molecule has 1 fully saturated rings. The highest BCUT2D eigenvalue weighted by atomic mass is 35.5. The van der Waals surface area contributed by atoms with Crippen molar-refractivity contribution in [3.63, 3.8) is 0 Å². The van der Waals surface area contributed by atoms with Crippen molar-refractivity contribution in [2.24, 2.45) is 0 Å². The number of halogens is 1. The van der Waals surface area contributed by atoms with Crippen LogP contribution in [0.4, 0.5) is 5.82 Å². The molecule has 128 valence electrons. The van der Waals surface area contributed by atoms with Crippen molar-refractivity contribution in [1.29, 1.82) is 0 Å². The monoisotopic (exact) mass is 346 g/mol. The Hall–Kier alpha value is -1.85. The van der Waals surface area contributed by atoms with Gasteiger partial charge in [0.05, 0.1) is 18.8 Å². The minimum absolute atomic E-state index is 0.00388. The molecular formula is C18H23ClN4O. The molecule has 1 heterocycles. The molecule has 3 rings (SSSR count). The maximum Gasteiger partial charge on any atom is 0.239 e. The summed E-state index contributed by atoms with van der Waals surface area (Å²) in [5.41, 5.74) is 0.989. The van der Waals surface area contributed by atoms with E-state index in [2.05, 4.69) is 15.7 Å². The Kier molecular flexibility index (Phi) is 5.53. The van der Waals surface area contributed by atoms with Crippen LogP contribution in [0.25, 0.3) is 0 Å². The number of hydrogen-bond donors (Lipinski definition) is 2. The van der Waals surface area contributed by atoms with Crippen LogP contribution in [0.15, 0.2) is 36.5 Å². The number of nitrogens with zero attached hydrogens (tertiary/aromatic N) is 2. The highest BCUT2D eigenvalue weighted by molar-refractivity contribution is 6.31. The lowest BCUT2D eigenvalue weighted by molar-refractivity contribution is -0.115. The minimum atomic E-state index is -0.0753. The van der Waals surface area contributed by atoms with Crippen molar-refractivity contribution in [2.75, 3.05) is 11.9 Å². The van der Waals surface area contributed by atoms with Crippen LogP contribution in [0.3, 0.4) is 0 Å². The fourth-order valence-corrected chi connectivity index (χ4v) is 3.52. The maximum absolute atomic E-state index is 12.3. The first-order chi connectivity index (χ1) is 11.6. The van der Waals surface area contributed by atoms with E-state index in [1.807, 2.05) is 41.9 Å². The van der Waals surface area contributed by atoms with Gasteiger partial charge < -0.3 is 10.6 Å². The van der Waals surface area contributed by atoms with E-state index < -0.39 is 0 Å². The zero-order chi connectivity index (χ0) is 16.9. The number of carbonyl (C=O) groups excluding carboxylic acids is 1. The van der Waals surface area contributed by atoms with E-state index in [9.17, 15) is 4.79 Å². The van der Waals surface area contributed by atoms with Crippen LogP contribution in [0.1, 0.15) is 50.3 Å². The van der Waals surface area contributed by atoms with Gasteiger partial charge in [0.15, 0.2) is 0 Å². The highest BCUT2D eigenvalue weighted by Gasteiger charge is 2.20. The van der Waals surface area contributed by atoms with Gasteiger partial charge in [-0.1, -0.05) is 42.6 Å². The lowest BCUT2D eigenvalue weighted by atomic mass is 10.1. The van der Waals surface area contributed by atoms with Crippen molar-refractivity contribution >= 4 is 23.3 Å². The van der Waals surface area contributed by atoms with Crippen molar-refractivity contribution in [3.8, 4) is 0 Å². The summed E-state index contributed by atoms with van der Waals surface area (Å²) in [5.74, 6) is 0.702. The Morgan fingerprint density at radius 3 is 2.83 bits per heavy atom. The summed E-state index contributed by atoms with van der Waals surface area (Å²) in [6.45, 7) is 2.22. The molecule has 0 aliphatic heterocycles. The number of aromatic nitrogens is 2. The largest absolute Gasteiger partial charge is 0.310 e. The number of benzene rings is 1. The molecule has 1 aliphatic rings. The van der Waals surface area contributed by atoms with Crippen LogP contribution in [0, 0.1) is 0 Å². The van der Waals surface area contributed by atoms with Gasteiger partial charge in [0.2, 0.25) is 5.91 Å². The summed E-state index contributed by atoms with van der Waals surface area (Å²) < 4.78 is 1.95. The molecule has 0 radical (unpaired) electrons. The Morgan fingerprint density at radius 2 is 2.08 bits per heavy atom. The van der Waals surface area contributed by atoms with E-state index in [0.717, 1.165) is 24.2 Å². The third-order valence-corrected chi connectivity index (χ3v) is 4.89. The minimum Gasteiger partial charge on any atom is -0.310 e. The van der Waals surface area contributed by atoms with Crippen molar-refractivity contribution in [3.05, 3.63) is 47.1 Å². The molecule has 1 aliphatic carbocycles. The molecule has 6 heteroatoms. The number of rotatable bonds is 6. The number of anilines is 1. The fraction of sp³-hybridized carbons (Fsp3) is 0.444. The average Bonchev–Trinajstić information content (AvgIpc) is 3.24. The van der Waals surface area contributed by atoms with Crippen LogP contribution in [0.2, 0.25) is 5.02 Å². The quantitative estimate of drug-likeness (QED) is 0.832. The Labute approximate surface area is 147 Å². The molecule has 0 bridgehead atoms. The zero-order valence-corrected chi connectivity index (χ0v) is 14.6. The second-order valence-corrected chi connectivity index (χ2v) is 6.68. The van der Waals surface area contributed by atoms with Gasteiger partial charge in [-0.15, -0.1) is 0 Å². The van der Waals surface area contributed by atoms with E-state index >= 15 is 0 Å². The fourth-order valence-electron chi connectivity index (χ4n) is 3.22. The highest BCUT2D eigenvalue weighted by Crippen LogP contribution is 2.31. The number of amides is 1. The van der Waals surface area contributed by atoms with Gasteiger partial charge in [0.1, 0.15) is 5.82 Å². The topological polar surface area (TPSA) is 59.0 Å². The smallest absolute Gasteiger partial charge is 0.239 e. The van der Waals surface area contributed by atoms with Gasteiger partial charge in [0, 0.05) is 17.1 Å². The molecule has 1 amide bonds. The summed E-state index contributed by atoms with van der Waals surface area (Å²) in [6, 6.07) is 9.93. The molecule has 0 saturated heterocycles. The standard InChI is InChI=1S/C18H23ClN4O/c1-13(15-8-4-5-9-16(15)19)20-12-18(24)22-17-10-11-21-23(17)14-6-2-3-7-14/h4-5,8-11,13-14,20H,2-3,6-7,12H2,1H3,(H,22,24)/t13-/m0/s1. The molecule has 24 heavy (non-hydrogen) atoms. The van der Waals surface area contributed by atoms with Crippen LogP contribution >= 0.6 is 11.6 Å². The molecule has 0 spiro atoms. The van der Waals surface area contributed by atoms with Gasteiger partial charge in [-0.3, -0.25) is 4.79 Å². The predicted octanol–water partition coefficient (Wildman–Crippen LogP) is 3.94. The molecule has 1 atom stereocenters. The van der Waals surface area contributed by atoms with Gasteiger partial charge in [-0.25, -0.2) is 4.68 Å². The lowest BCUT2D eigenvalue weighted by Crippen LogP contribution is -2.31. The van der Waals surface area contributed by atoms with E-state index in [-0.39, 0.29) is 18.5 Å². The van der Waals surface area contributed by atoms with Crippen molar-refractivity contribution in [1.82, 2.24) is 15.1 Å². The van der Waals surface area contributed by atoms with Gasteiger partial charge in [-0.2, -0.15) is 5.10 Å². The van der Waals surface area contributed by atoms with E-state index in [0.29, 0.717) is 11.1 Å². The van der Waals surface area contributed by atoms with Crippen LogP contribution < -0.4 is 10.6 Å². The summed E-state index contributed by atoms with van der Waals surface area (Å²) in [4.78, 5) is 12.3. The number of nitrogens with one attached hydrogen (secondary N) is 2. The SMILES string of the molecule is C[C@H](NCC(=O)Nc1ccnn1C1CCCC1)c1ccccc1Cl. The second kappa shape index (κ2) is 7.81. The third-order valence-electron chi connectivity index (χ3n) is 4.55.